The van der Waals surface area contributed by atoms with Crippen molar-refractivity contribution in [2.24, 2.45) is 5.92 Å². The Labute approximate surface area is 145 Å². The van der Waals surface area contributed by atoms with Crippen molar-refractivity contribution >= 4 is 0 Å². The van der Waals surface area contributed by atoms with Crippen LogP contribution in [-0.2, 0) is 0 Å². The number of rotatable bonds is 18. The van der Waals surface area contributed by atoms with Crippen LogP contribution >= 0.6 is 0 Å². The van der Waals surface area contributed by atoms with E-state index in [4.69, 9.17) is 0 Å². The molecule has 0 aliphatic carbocycles. The van der Waals surface area contributed by atoms with Crippen LogP contribution in [0, 0.1) is 5.92 Å². The molecule has 0 saturated carbocycles. The summed E-state index contributed by atoms with van der Waals surface area (Å²) >= 11 is 0. The predicted molar refractivity (Wildman–Crippen MR) is 101 cm³/mol. The molecule has 0 aromatic carbocycles. The third-order valence-electron chi connectivity index (χ3n) is 4.78. The molecule has 0 fully saturated rings. The molecule has 0 aliphatic rings. The van der Waals surface area contributed by atoms with Crippen molar-refractivity contribution in [3.05, 3.63) is 0 Å². The van der Waals surface area contributed by atoms with Gasteiger partial charge in [0.05, 0.1) is 13.2 Å². The first-order valence-electron chi connectivity index (χ1n) is 10.2. The highest BCUT2D eigenvalue weighted by Crippen LogP contribution is 2.20. The first-order chi connectivity index (χ1) is 11.3. The molecule has 0 radical (unpaired) electrons. The molecule has 23 heavy (non-hydrogen) atoms. The molecule has 3 nitrogen and oxygen atoms in total. The van der Waals surface area contributed by atoms with E-state index in [1.807, 2.05) is 0 Å². The smallest absolute Gasteiger partial charge is 0.0558 e. The molecule has 0 aromatic rings. The first-order valence-corrected chi connectivity index (χ1v) is 10.2. The average Bonchev–Trinajstić information content (AvgIpc) is 2.54. The van der Waals surface area contributed by atoms with Gasteiger partial charge in [-0.25, -0.2) is 0 Å². The molecule has 0 spiro atoms. The fourth-order valence-electron chi connectivity index (χ4n) is 3.34. The molecule has 0 unspecified atom stereocenters. The summed E-state index contributed by atoms with van der Waals surface area (Å²) in [6, 6.07) is 0. The molecular weight excluding hydrogens is 286 g/mol. The van der Waals surface area contributed by atoms with E-state index < -0.39 is 0 Å². The zero-order valence-electron chi connectivity index (χ0n) is 15.9. The molecule has 0 heterocycles. The van der Waals surface area contributed by atoms with E-state index >= 15 is 0 Å². The number of aliphatic hydroxyl groups is 2. The minimum atomic E-state index is 0.194. The summed E-state index contributed by atoms with van der Waals surface area (Å²) in [6.45, 7) is 7.36. The van der Waals surface area contributed by atoms with Crippen LogP contribution in [0.15, 0.2) is 0 Å². The molecule has 0 aliphatic heterocycles. The lowest BCUT2D eigenvalue weighted by molar-refractivity contribution is 0.138. The zero-order chi connectivity index (χ0) is 17.2. The van der Waals surface area contributed by atoms with E-state index in [1.54, 1.807) is 0 Å². The largest absolute Gasteiger partial charge is 0.395 e. The van der Waals surface area contributed by atoms with Crippen LogP contribution in [0.4, 0.5) is 0 Å². The lowest BCUT2D eigenvalue weighted by Gasteiger charge is -2.26. The van der Waals surface area contributed by atoms with Gasteiger partial charge >= 0.3 is 0 Å². The summed E-state index contributed by atoms with van der Waals surface area (Å²) in [5.74, 6) is 0.733. The lowest BCUT2D eigenvalue weighted by atomic mass is 9.93. The van der Waals surface area contributed by atoms with Gasteiger partial charge in [-0.2, -0.15) is 0 Å². The van der Waals surface area contributed by atoms with Crippen LogP contribution in [0.25, 0.3) is 0 Å². The standard InChI is InChI=1S/C20H43NO2/c1-3-5-7-9-11-13-20(14-12-10-8-6-4-2)19-21(15-17-22)16-18-23/h20,22-23H,3-19H2,1-2H3. The fourth-order valence-corrected chi connectivity index (χ4v) is 3.34. The summed E-state index contributed by atoms with van der Waals surface area (Å²) < 4.78 is 0. The number of nitrogens with zero attached hydrogens (tertiary/aromatic N) is 1. The molecule has 0 atom stereocenters. The van der Waals surface area contributed by atoms with Gasteiger partial charge in [0.25, 0.3) is 0 Å². The minimum Gasteiger partial charge on any atom is -0.395 e. The number of hydrogen-bond acceptors (Lipinski definition) is 3. The Balaban J connectivity index is 4.11. The third-order valence-corrected chi connectivity index (χ3v) is 4.78. The first kappa shape index (κ1) is 22.9. The Kier molecular flexibility index (Phi) is 18.1. The molecule has 0 amide bonds. The maximum Gasteiger partial charge on any atom is 0.0558 e. The summed E-state index contributed by atoms with van der Waals surface area (Å²) in [5.41, 5.74) is 0. The zero-order valence-corrected chi connectivity index (χ0v) is 15.9. The van der Waals surface area contributed by atoms with E-state index in [-0.39, 0.29) is 13.2 Å². The van der Waals surface area contributed by atoms with Gasteiger partial charge in [0.15, 0.2) is 0 Å². The Bertz CT molecular complexity index is 204. The van der Waals surface area contributed by atoms with Crippen molar-refractivity contribution in [2.75, 3.05) is 32.8 Å². The molecule has 0 bridgehead atoms. The lowest BCUT2D eigenvalue weighted by Crippen LogP contribution is -2.34. The summed E-state index contributed by atoms with van der Waals surface area (Å²) in [4.78, 5) is 2.24. The maximum atomic E-state index is 9.20. The third kappa shape index (κ3) is 15.2. The van der Waals surface area contributed by atoms with Gasteiger partial charge in [0.2, 0.25) is 0 Å². The Morgan fingerprint density at radius 2 is 1.09 bits per heavy atom. The van der Waals surface area contributed by atoms with Crippen LogP contribution in [0.1, 0.15) is 90.9 Å². The molecule has 0 saturated heterocycles. The highest BCUT2D eigenvalue weighted by molar-refractivity contribution is 4.67. The fraction of sp³-hybridized carbons (Fsp3) is 1.00. The Morgan fingerprint density at radius 1 is 0.652 bits per heavy atom. The second-order valence-electron chi connectivity index (χ2n) is 7.02. The van der Waals surface area contributed by atoms with E-state index in [0.29, 0.717) is 13.1 Å². The molecule has 3 heteroatoms. The average molecular weight is 330 g/mol. The SMILES string of the molecule is CCCCCCCC(CCCCCCC)CN(CCO)CCO. The van der Waals surface area contributed by atoms with E-state index in [2.05, 4.69) is 18.7 Å². The Hall–Kier alpha value is -0.120. The molecule has 2 N–H and O–H groups in total. The van der Waals surface area contributed by atoms with E-state index in [9.17, 15) is 10.2 Å². The monoisotopic (exact) mass is 329 g/mol. The van der Waals surface area contributed by atoms with Crippen molar-refractivity contribution in [1.82, 2.24) is 4.90 Å². The van der Waals surface area contributed by atoms with Crippen molar-refractivity contribution in [2.45, 2.75) is 90.9 Å². The van der Waals surface area contributed by atoms with Gasteiger partial charge in [-0.05, 0) is 18.8 Å². The maximum absolute atomic E-state index is 9.20. The van der Waals surface area contributed by atoms with Gasteiger partial charge in [0, 0.05) is 19.6 Å². The van der Waals surface area contributed by atoms with E-state index in [1.165, 1.54) is 77.0 Å². The van der Waals surface area contributed by atoms with Gasteiger partial charge in [0.1, 0.15) is 0 Å². The van der Waals surface area contributed by atoms with E-state index in [0.717, 1.165) is 12.5 Å². The van der Waals surface area contributed by atoms with Crippen LogP contribution in [-0.4, -0.2) is 48.0 Å². The summed E-state index contributed by atoms with van der Waals surface area (Å²) in [7, 11) is 0. The number of aliphatic hydroxyl groups excluding tert-OH is 2. The summed E-state index contributed by atoms with van der Waals surface area (Å²) in [5, 5.41) is 18.4. The van der Waals surface area contributed by atoms with Gasteiger partial charge < -0.3 is 10.2 Å². The molecule has 140 valence electrons. The van der Waals surface area contributed by atoms with Crippen LogP contribution < -0.4 is 0 Å². The summed E-state index contributed by atoms with van der Waals surface area (Å²) in [6.07, 6.45) is 16.1. The molecular formula is C20H43NO2. The number of hydrogen-bond donors (Lipinski definition) is 2. The van der Waals surface area contributed by atoms with Crippen LogP contribution in [0.5, 0.6) is 0 Å². The Morgan fingerprint density at radius 3 is 1.48 bits per heavy atom. The normalized spacial score (nSPS) is 11.7. The molecule has 0 rings (SSSR count). The van der Waals surface area contributed by atoms with Gasteiger partial charge in [-0.15, -0.1) is 0 Å². The minimum absolute atomic E-state index is 0.194. The van der Waals surface area contributed by atoms with Crippen molar-refractivity contribution in [1.29, 1.82) is 0 Å². The van der Waals surface area contributed by atoms with Gasteiger partial charge in [-0.3, -0.25) is 4.90 Å². The quantitative estimate of drug-likeness (QED) is 0.361. The highest BCUT2D eigenvalue weighted by Gasteiger charge is 2.13. The van der Waals surface area contributed by atoms with Crippen molar-refractivity contribution in [3.8, 4) is 0 Å². The molecule has 0 aromatic heterocycles. The van der Waals surface area contributed by atoms with Crippen molar-refractivity contribution in [3.63, 3.8) is 0 Å². The van der Waals surface area contributed by atoms with Gasteiger partial charge in [-0.1, -0.05) is 78.1 Å². The topological polar surface area (TPSA) is 43.7 Å². The highest BCUT2D eigenvalue weighted by atomic mass is 16.3. The van der Waals surface area contributed by atoms with Crippen LogP contribution in [0.3, 0.4) is 0 Å². The number of unbranched alkanes of at least 4 members (excludes halogenated alkanes) is 8. The van der Waals surface area contributed by atoms with Crippen molar-refractivity contribution < 1.29 is 10.2 Å². The second kappa shape index (κ2) is 18.2. The second-order valence-corrected chi connectivity index (χ2v) is 7.02. The predicted octanol–water partition coefficient (Wildman–Crippen LogP) is 4.61. The van der Waals surface area contributed by atoms with Crippen LogP contribution in [0.2, 0.25) is 0 Å².